The minimum Gasteiger partial charge on any atom is -0.215 e. The summed E-state index contributed by atoms with van der Waals surface area (Å²) in [4.78, 5) is 5.34. The van der Waals surface area contributed by atoms with E-state index in [2.05, 4.69) is 45.0 Å². The van der Waals surface area contributed by atoms with Crippen LogP contribution in [0.4, 0.5) is 0 Å². The highest BCUT2D eigenvalue weighted by Gasteiger charge is 2.01. The molecular weight excluding hydrogens is 285 g/mol. The minimum absolute atomic E-state index is 0.909. The molecule has 5 heteroatoms. The molecule has 0 aromatic carbocycles. The van der Waals surface area contributed by atoms with Crippen LogP contribution in [0.5, 0.6) is 0 Å². The topological polar surface area (TPSA) is 30.2 Å². The number of nitrogens with zero attached hydrogens (tertiary/aromatic N) is 3. The molecule has 2 aromatic heterocycles. The highest BCUT2D eigenvalue weighted by molar-refractivity contribution is 14.1. The summed E-state index contributed by atoms with van der Waals surface area (Å²) in [5, 5.41) is 4.08. The number of thioether (sulfide) groups is 1. The minimum atomic E-state index is 0.909. The predicted octanol–water partition coefficient (Wildman–Crippen LogP) is 2.06. The molecule has 0 bridgehead atoms. The van der Waals surface area contributed by atoms with Crippen LogP contribution in [-0.4, -0.2) is 20.9 Å². The molecule has 2 rings (SSSR count). The Morgan fingerprint density at radius 1 is 1.50 bits per heavy atom. The van der Waals surface area contributed by atoms with Gasteiger partial charge in [-0.05, 0) is 41.0 Å². The zero-order valence-corrected chi connectivity index (χ0v) is 9.33. The number of hydrogen-bond acceptors (Lipinski definition) is 3. The second-order valence-electron chi connectivity index (χ2n) is 2.25. The van der Waals surface area contributed by atoms with E-state index in [0.29, 0.717) is 0 Å². The third kappa shape index (κ3) is 1.31. The summed E-state index contributed by atoms with van der Waals surface area (Å²) in [5.41, 5.74) is 0.909. The van der Waals surface area contributed by atoms with Gasteiger partial charge in [-0.1, -0.05) is 0 Å². The molecule has 0 amide bonds. The molecule has 0 saturated heterocycles. The maximum atomic E-state index is 4.12. The summed E-state index contributed by atoms with van der Waals surface area (Å²) in [6, 6.07) is 4.12. The average Bonchev–Trinajstić information content (AvgIpc) is 2.52. The third-order valence-electron chi connectivity index (χ3n) is 1.54. The van der Waals surface area contributed by atoms with E-state index in [1.54, 1.807) is 18.1 Å². The zero-order chi connectivity index (χ0) is 8.55. The Bertz CT molecular complexity index is 412. The molecule has 12 heavy (non-hydrogen) atoms. The van der Waals surface area contributed by atoms with Crippen LogP contribution in [0.3, 0.4) is 0 Å². The summed E-state index contributed by atoms with van der Waals surface area (Å²) in [5.74, 6) is 0. The van der Waals surface area contributed by atoms with Crippen molar-refractivity contribution < 1.29 is 0 Å². The van der Waals surface area contributed by atoms with Crippen molar-refractivity contribution in [1.29, 1.82) is 0 Å². The number of hydrogen-bond donors (Lipinski definition) is 0. The normalized spacial score (nSPS) is 10.8. The van der Waals surface area contributed by atoms with Gasteiger partial charge in [0.1, 0.15) is 10.0 Å². The van der Waals surface area contributed by atoms with E-state index in [-0.39, 0.29) is 0 Å². The highest BCUT2D eigenvalue weighted by atomic mass is 127. The Kier molecular flexibility index (Phi) is 2.22. The van der Waals surface area contributed by atoms with Crippen LogP contribution in [0.15, 0.2) is 23.4 Å². The van der Waals surface area contributed by atoms with Crippen molar-refractivity contribution in [3.8, 4) is 0 Å². The number of halogens is 1. The summed E-state index contributed by atoms with van der Waals surface area (Å²) >= 11 is 3.97. The maximum absolute atomic E-state index is 4.12. The molecule has 0 unspecified atom stereocenters. The monoisotopic (exact) mass is 291 g/mol. The molecule has 2 heterocycles. The van der Waals surface area contributed by atoms with Crippen molar-refractivity contribution in [3.05, 3.63) is 22.2 Å². The first-order valence-electron chi connectivity index (χ1n) is 3.34. The molecule has 62 valence electrons. The van der Waals surface area contributed by atoms with Gasteiger partial charge in [0.15, 0.2) is 5.65 Å². The lowest BCUT2D eigenvalue weighted by atomic mass is 10.5. The molecule has 0 spiro atoms. The molecule has 0 aliphatic heterocycles. The Labute approximate surface area is 87.7 Å². The molecule has 0 radical (unpaired) electrons. The second kappa shape index (κ2) is 3.21. The summed E-state index contributed by atoms with van der Waals surface area (Å²) < 4.78 is 2.91. The predicted molar refractivity (Wildman–Crippen MR) is 57.5 cm³/mol. The lowest BCUT2D eigenvalue weighted by Gasteiger charge is -1.99. The van der Waals surface area contributed by atoms with E-state index >= 15 is 0 Å². The van der Waals surface area contributed by atoms with Gasteiger partial charge in [0.05, 0.1) is 0 Å². The molecule has 2 aromatic rings. The highest BCUT2D eigenvalue weighted by Crippen LogP contribution is 2.19. The van der Waals surface area contributed by atoms with E-state index in [0.717, 1.165) is 9.35 Å². The summed E-state index contributed by atoms with van der Waals surface area (Å²) in [6.45, 7) is 0. The zero-order valence-electron chi connectivity index (χ0n) is 6.36. The van der Waals surface area contributed by atoms with Crippen molar-refractivity contribution in [2.45, 2.75) is 4.90 Å². The fraction of sp³-hybridized carbons (Fsp3) is 0.143. The van der Waals surface area contributed by atoms with E-state index in [1.165, 1.54) is 4.90 Å². The van der Waals surface area contributed by atoms with Gasteiger partial charge in [0, 0.05) is 4.90 Å². The fourth-order valence-electron chi connectivity index (χ4n) is 0.979. The average molecular weight is 291 g/mol. The second-order valence-corrected chi connectivity index (χ2v) is 4.23. The Morgan fingerprint density at radius 2 is 2.33 bits per heavy atom. The van der Waals surface area contributed by atoms with Crippen LogP contribution >= 0.6 is 34.4 Å². The molecule has 0 aliphatic carbocycles. The van der Waals surface area contributed by atoms with Gasteiger partial charge >= 0.3 is 0 Å². The Morgan fingerprint density at radius 3 is 3.08 bits per heavy atom. The van der Waals surface area contributed by atoms with Crippen LogP contribution in [0, 0.1) is 3.70 Å². The number of rotatable bonds is 1. The van der Waals surface area contributed by atoms with Gasteiger partial charge < -0.3 is 0 Å². The van der Waals surface area contributed by atoms with Gasteiger partial charge in [0.25, 0.3) is 0 Å². The molecule has 0 saturated carbocycles. The molecule has 0 atom stereocenters. The smallest absolute Gasteiger partial charge is 0.157 e. The van der Waals surface area contributed by atoms with Crippen molar-refractivity contribution in [3.63, 3.8) is 0 Å². The fourth-order valence-corrected chi connectivity index (χ4v) is 2.35. The summed E-state index contributed by atoms with van der Waals surface area (Å²) in [7, 11) is 0. The number of aromatic nitrogens is 3. The lowest BCUT2D eigenvalue weighted by molar-refractivity contribution is 0.924. The molecular formula is C7H6IN3S. The molecule has 0 N–H and O–H groups in total. The van der Waals surface area contributed by atoms with E-state index in [1.807, 2.05) is 10.6 Å². The summed E-state index contributed by atoms with van der Waals surface area (Å²) in [6.07, 6.45) is 3.62. The van der Waals surface area contributed by atoms with Crippen molar-refractivity contribution in [2.75, 3.05) is 6.26 Å². The van der Waals surface area contributed by atoms with Crippen molar-refractivity contribution in [1.82, 2.24) is 14.6 Å². The van der Waals surface area contributed by atoms with Gasteiger partial charge in [0.2, 0.25) is 0 Å². The van der Waals surface area contributed by atoms with Crippen LogP contribution in [0.25, 0.3) is 5.65 Å². The largest absolute Gasteiger partial charge is 0.215 e. The molecule has 3 nitrogen and oxygen atoms in total. The first kappa shape index (κ1) is 8.31. The first-order chi connectivity index (χ1) is 5.81. The Balaban J connectivity index is 2.75. The van der Waals surface area contributed by atoms with Crippen LogP contribution in [-0.2, 0) is 0 Å². The SMILES string of the molecule is CSc1cc(I)n2ncnc2c1. The van der Waals surface area contributed by atoms with E-state index in [4.69, 9.17) is 0 Å². The van der Waals surface area contributed by atoms with Crippen molar-refractivity contribution in [2.24, 2.45) is 0 Å². The van der Waals surface area contributed by atoms with Crippen LogP contribution < -0.4 is 0 Å². The third-order valence-corrected chi connectivity index (χ3v) is 3.02. The standard InChI is InChI=1S/C7H6IN3S/c1-12-5-2-6(8)11-7(3-5)9-4-10-11/h2-4H,1H3. The maximum Gasteiger partial charge on any atom is 0.157 e. The van der Waals surface area contributed by atoms with Crippen LogP contribution in [0.1, 0.15) is 0 Å². The first-order valence-corrected chi connectivity index (χ1v) is 5.65. The molecule has 0 fully saturated rings. The van der Waals surface area contributed by atoms with Crippen LogP contribution in [0.2, 0.25) is 0 Å². The molecule has 0 aliphatic rings. The lowest BCUT2D eigenvalue weighted by Crippen LogP contribution is -1.92. The number of fused-ring (bicyclic) bond motifs is 1. The van der Waals surface area contributed by atoms with Gasteiger partial charge in [-0.25, -0.2) is 9.50 Å². The quantitative estimate of drug-likeness (QED) is 0.458. The van der Waals surface area contributed by atoms with E-state index < -0.39 is 0 Å². The van der Waals surface area contributed by atoms with Gasteiger partial charge in [-0.2, -0.15) is 5.10 Å². The number of pyridine rings is 1. The van der Waals surface area contributed by atoms with E-state index in [9.17, 15) is 0 Å². The van der Waals surface area contributed by atoms with Crippen molar-refractivity contribution >= 4 is 40.0 Å². The van der Waals surface area contributed by atoms with Gasteiger partial charge in [-0.15, -0.1) is 11.8 Å². The Hall–Kier alpha value is -0.300. The van der Waals surface area contributed by atoms with Gasteiger partial charge in [-0.3, -0.25) is 0 Å².